The van der Waals surface area contributed by atoms with Crippen molar-refractivity contribution in [1.82, 2.24) is 20.6 Å². The van der Waals surface area contributed by atoms with E-state index in [1.54, 1.807) is 6.26 Å². The summed E-state index contributed by atoms with van der Waals surface area (Å²) >= 11 is 0. The summed E-state index contributed by atoms with van der Waals surface area (Å²) in [6, 6.07) is 11.9. The van der Waals surface area contributed by atoms with Crippen molar-refractivity contribution in [1.29, 1.82) is 0 Å². The average molecular weight is 491 g/mol. The van der Waals surface area contributed by atoms with Gasteiger partial charge in [-0.15, -0.1) is 24.0 Å². The Hall–Kier alpha value is -2.42. The Morgan fingerprint density at radius 2 is 1.96 bits per heavy atom. The van der Waals surface area contributed by atoms with Crippen LogP contribution in [0, 0.1) is 6.92 Å². The molecule has 3 aromatic rings. The summed E-state index contributed by atoms with van der Waals surface area (Å²) in [7, 11) is 0. The topological polar surface area (TPSA) is 75.3 Å². The number of oxazole rings is 1. The third-order valence-corrected chi connectivity index (χ3v) is 4.14. The number of aliphatic imine (C=N–C) groups is 1. The molecule has 0 bridgehead atoms. The first kappa shape index (κ1) is 21.9. The van der Waals surface area contributed by atoms with Gasteiger partial charge in [-0.2, -0.15) is 0 Å². The molecule has 0 radical (unpaired) electrons. The van der Waals surface area contributed by atoms with Crippen molar-refractivity contribution in [2.75, 3.05) is 13.1 Å². The van der Waals surface area contributed by atoms with Crippen LogP contribution in [0.5, 0.6) is 0 Å². The number of pyridine rings is 1. The van der Waals surface area contributed by atoms with Crippen LogP contribution >= 0.6 is 24.0 Å². The van der Waals surface area contributed by atoms with E-state index in [2.05, 4.69) is 38.6 Å². The molecule has 0 saturated heterocycles. The highest BCUT2D eigenvalue weighted by atomic mass is 127. The van der Waals surface area contributed by atoms with Crippen molar-refractivity contribution in [2.24, 2.45) is 4.99 Å². The Morgan fingerprint density at radius 3 is 2.71 bits per heavy atom. The lowest BCUT2D eigenvalue weighted by atomic mass is 10.1. The molecule has 3 rings (SSSR count). The van der Waals surface area contributed by atoms with Crippen LogP contribution in [0.15, 0.2) is 64.5 Å². The van der Waals surface area contributed by atoms with Gasteiger partial charge in [0.15, 0.2) is 5.96 Å². The lowest BCUT2D eigenvalue weighted by Crippen LogP contribution is -2.38. The maximum absolute atomic E-state index is 5.57. The smallest absolute Gasteiger partial charge is 0.226 e. The fraction of sp³-hybridized carbons (Fsp3) is 0.286. The van der Waals surface area contributed by atoms with E-state index < -0.39 is 0 Å². The highest BCUT2D eigenvalue weighted by Gasteiger charge is 2.06. The molecule has 1 aromatic carbocycles. The summed E-state index contributed by atoms with van der Waals surface area (Å²) in [5, 5.41) is 6.63. The van der Waals surface area contributed by atoms with Gasteiger partial charge in [-0.25, -0.2) is 9.98 Å². The predicted molar refractivity (Wildman–Crippen MR) is 123 cm³/mol. The minimum Gasteiger partial charge on any atom is -0.444 e. The van der Waals surface area contributed by atoms with Crippen LogP contribution in [-0.2, 0) is 13.0 Å². The van der Waals surface area contributed by atoms with Crippen LogP contribution in [0.25, 0.3) is 11.5 Å². The largest absolute Gasteiger partial charge is 0.444 e. The molecule has 6 nitrogen and oxygen atoms in total. The summed E-state index contributed by atoms with van der Waals surface area (Å²) in [6.45, 7) is 6.18. The number of halogens is 1. The molecule has 0 spiro atoms. The summed E-state index contributed by atoms with van der Waals surface area (Å²) < 4.78 is 5.57. The van der Waals surface area contributed by atoms with E-state index in [9.17, 15) is 0 Å². The van der Waals surface area contributed by atoms with Gasteiger partial charge in [0.25, 0.3) is 0 Å². The zero-order valence-corrected chi connectivity index (χ0v) is 18.5. The Balaban J connectivity index is 0.00000280. The zero-order chi connectivity index (χ0) is 18.9. The van der Waals surface area contributed by atoms with Gasteiger partial charge in [-0.3, -0.25) is 4.98 Å². The molecule has 2 heterocycles. The molecular weight excluding hydrogens is 465 g/mol. The normalized spacial score (nSPS) is 11.0. The number of aromatic nitrogens is 2. The molecule has 148 valence electrons. The molecule has 0 aliphatic rings. The zero-order valence-electron chi connectivity index (χ0n) is 16.2. The second-order valence-corrected chi connectivity index (χ2v) is 6.18. The molecule has 0 saturated carbocycles. The van der Waals surface area contributed by atoms with Gasteiger partial charge in [0.2, 0.25) is 5.89 Å². The van der Waals surface area contributed by atoms with E-state index in [0.29, 0.717) is 12.4 Å². The van der Waals surface area contributed by atoms with Gasteiger partial charge in [-0.1, -0.05) is 18.2 Å². The molecular formula is C21H26IN5O. The van der Waals surface area contributed by atoms with Gasteiger partial charge in [-0.05, 0) is 49.6 Å². The van der Waals surface area contributed by atoms with Crippen LogP contribution in [0.3, 0.4) is 0 Å². The third kappa shape index (κ3) is 6.33. The van der Waals surface area contributed by atoms with Gasteiger partial charge in [0.05, 0.1) is 6.54 Å². The fourth-order valence-corrected chi connectivity index (χ4v) is 2.69. The van der Waals surface area contributed by atoms with Crippen LogP contribution in [0.2, 0.25) is 0 Å². The van der Waals surface area contributed by atoms with Crippen LogP contribution in [0.4, 0.5) is 0 Å². The molecule has 0 amide bonds. The average Bonchev–Trinajstić information content (AvgIpc) is 3.17. The van der Waals surface area contributed by atoms with Crippen molar-refractivity contribution < 1.29 is 4.42 Å². The highest BCUT2D eigenvalue weighted by Crippen LogP contribution is 2.18. The first-order chi connectivity index (χ1) is 13.3. The Morgan fingerprint density at radius 1 is 1.14 bits per heavy atom. The lowest BCUT2D eigenvalue weighted by molar-refractivity contribution is 0.572. The number of nitrogens with one attached hydrogen (secondary N) is 2. The van der Waals surface area contributed by atoms with Gasteiger partial charge < -0.3 is 15.1 Å². The predicted octanol–water partition coefficient (Wildman–Crippen LogP) is 3.96. The summed E-state index contributed by atoms with van der Waals surface area (Å²) in [4.78, 5) is 13.3. The number of hydrogen-bond acceptors (Lipinski definition) is 4. The monoisotopic (exact) mass is 491 g/mol. The Labute approximate surface area is 182 Å². The quantitative estimate of drug-likeness (QED) is 0.297. The molecule has 0 aliphatic carbocycles. The number of hydrogen-bond donors (Lipinski definition) is 2. The van der Waals surface area contributed by atoms with Crippen LogP contribution < -0.4 is 10.6 Å². The van der Waals surface area contributed by atoms with Crippen molar-refractivity contribution in [3.63, 3.8) is 0 Å². The van der Waals surface area contributed by atoms with Crippen LogP contribution in [-0.4, -0.2) is 29.0 Å². The second kappa shape index (κ2) is 11.4. The molecule has 0 atom stereocenters. The van der Waals surface area contributed by atoms with E-state index in [0.717, 1.165) is 36.7 Å². The van der Waals surface area contributed by atoms with Crippen LogP contribution in [0.1, 0.15) is 23.7 Å². The first-order valence-electron chi connectivity index (χ1n) is 9.17. The Kier molecular flexibility index (Phi) is 8.93. The standard InChI is InChI=1S/C21H25N5O.HI/c1-3-23-21(24-12-10-17-9-11-22-13-16(17)2)25-14-19-15-27-20(26-19)18-7-5-4-6-8-18;/h4-9,11,13,15H,3,10,12,14H2,1-2H3,(H2,23,24,25);1H. The molecule has 28 heavy (non-hydrogen) atoms. The van der Waals surface area contributed by atoms with Crippen molar-refractivity contribution in [3.8, 4) is 11.5 Å². The fourth-order valence-electron chi connectivity index (χ4n) is 2.69. The number of rotatable bonds is 7. The third-order valence-electron chi connectivity index (χ3n) is 4.14. The number of guanidine groups is 1. The summed E-state index contributed by atoms with van der Waals surface area (Å²) in [5.41, 5.74) is 4.26. The van der Waals surface area contributed by atoms with E-state index in [1.807, 2.05) is 49.6 Å². The second-order valence-electron chi connectivity index (χ2n) is 6.18. The molecule has 2 N–H and O–H groups in total. The Bertz CT molecular complexity index is 879. The van der Waals surface area contributed by atoms with E-state index in [-0.39, 0.29) is 24.0 Å². The summed E-state index contributed by atoms with van der Waals surface area (Å²) in [6.07, 6.45) is 6.30. The molecule has 0 aliphatic heterocycles. The van der Waals surface area contributed by atoms with Gasteiger partial charge >= 0.3 is 0 Å². The van der Waals surface area contributed by atoms with Crippen molar-refractivity contribution in [2.45, 2.75) is 26.8 Å². The maximum Gasteiger partial charge on any atom is 0.226 e. The van der Waals surface area contributed by atoms with E-state index in [4.69, 9.17) is 4.42 Å². The molecule has 7 heteroatoms. The minimum atomic E-state index is 0. The van der Waals surface area contributed by atoms with Crippen molar-refractivity contribution >= 4 is 29.9 Å². The molecule has 2 aromatic heterocycles. The highest BCUT2D eigenvalue weighted by molar-refractivity contribution is 14.0. The van der Waals surface area contributed by atoms with E-state index >= 15 is 0 Å². The number of benzene rings is 1. The SMILES string of the molecule is CCNC(=NCc1coc(-c2ccccc2)n1)NCCc1ccncc1C.I. The van der Waals surface area contributed by atoms with Gasteiger partial charge in [0.1, 0.15) is 12.0 Å². The van der Waals surface area contributed by atoms with E-state index in [1.165, 1.54) is 11.1 Å². The number of aryl methyl sites for hydroxylation is 1. The molecule has 0 fully saturated rings. The lowest BCUT2D eigenvalue weighted by Gasteiger charge is -2.11. The maximum atomic E-state index is 5.57. The first-order valence-corrected chi connectivity index (χ1v) is 9.17. The number of nitrogens with zero attached hydrogens (tertiary/aromatic N) is 3. The summed E-state index contributed by atoms with van der Waals surface area (Å²) in [5.74, 6) is 1.39. The van der Waals surface area contributed by atoms with Gasteiger partial charge in [0, 0.05) is 31.0 Å². The minimum absolute atomic E-state index is 0. The molecule has 0 unspecified atom stereocenters. The van der Waals surface area contributed by atoms with Crippen molar-refractivity contribution in [3.05, 3.63) is 71.9 Å².